The van der Waals surface area contributed by atoms with Crippen molar-refractivity contribution in [3.63, 3.8) is 0 Å². The lowest BCUT2D eigenvalue weighted by atomic mass is 10.3. The summed E-state index contributed by atoms with van der Waals surface area (Å²) in [4.78, 5) is 19.8. The van der Waals surface area contributed by atoms with Crippen LogP contribution in [0, 0.1) is 0 Å². The Morgan fingerprint density at radius 3 is 3.06 bits per heavy atom. The SMILES string of the molecule is CC(=NO)c1csc(NC(=O)c2cccnc2)n1. The van der Waals surface area contributed by atoms with Crippen LogP contribution in [0.15, 0.2) is 35.1 Å². The van der Waals surface area contributed by atoms with Gasteiger partial charge in [-0.1, -0.05) is 5.16 Å². The second-order valence-electron chi connectivity index (χ2n) is 3.42. The van der Waals surface area contributed by atoms with E-state index in [4.69, 9.17) is 5.21 Å². The van der Waals surface area contributed by atoms with Crippen LogP contribution in [0.4, 0.5) is 5.13 Å². The predicted molar refractivity (Wildman–Crippen MR) is 68.3 cm³/mol. The van der Waals surface area contributed by atoms with E-state index >= 15 is 0 Å². The lowest BCUT2D eigenvalue weighted by molar-refractivity contribution is 0.102. The molecule has 0 spiro atoms. The molecule has 0 saturated carbocycles. The summed E-state index contributed by atoms with van der Waals surface area (Å²) in [6, 6.07) is 3.35. The van der Waals surface area contributed by atoms with Crippen LogP contribution in [0.2, 0.25) is 0 Å². The van der Waals surface area contributed by atoms with E-state index in [-0.39, 0.29) is 5.91 Å². The molecule has 0 aliphatic heterocycles. The highest BCUT2D eigenvalue weighted by Crippen LogP contribution is 2.16. The van der Waals surface area contributed by atoms with Gasteiger partial charge in [-0.3, -0.25) is 15.1 Å². The lowest BCUT2D eigenvalue weighted by Gasteiger charge is -2.00. The number of thiazole rings is 1. The topological polar surface area (TPSA) is 87.5 Å². The van der Waals surface area contributed by atoms with Crippen molar-refractivity contribution in [1.82, 2.24) is 9.97 Å². The zero-order valence-corrected chi connectivity index (χ0v) is 10.3. The molecule has 2 N–H and O–H groups in total. The smallest absolute Gasteiger partial charge is 0.259 e. The van der Waals surface area contributed by atoms with Gasteiger partial charge in [0.2, 0.25) is 0 Å². The Hall–Kier alpha value is -2.28. The van der Waals surface area contributed by atoms with Gasteiger partial charge in [0.15, 0.2) is 5.13 Å². The average molecular weight is 262 g/mol. The molecular weight excluding hydrogens is 252 g/mol. The van der Waals surface area contributed by atoms with Gasteiger partial charge in [-0.25, -0.2) is 4.98 Å². The van der Waals surface area contributed by atoms with Crippen molar-refractivity contribution >= 4 is 28.1 Å². The summed E-state index contributed by atoms with van der Waals surface area (Å²) in [5.41, 5.74) is 1.39. The minimum Gasteiger partial charge on any atom is -0.411 e. The first-order chi connectivity index (χ1) is 8.70. The summed E-state index contributed by atoms with van der Waals surface area (Å²) in [6.45, 7) is 1.63. The Balaban J connectivity index is 2.11. The molecule has 2 aromatic rings. The van der Waals surface area contributed by atoms with E-state index < -0.39 is 0 Å². The van der Waals surface area contributed by atoms with E-state index in [1.807, 2.05) is 0 Å². The normalized spacial score (nSPS) is 11.3. The molecule has 1 amide bonds. The van der Waals surface area contributed by atoms with E-state index in [2.05, 4.69) is 20.4 Å². The Morgan fingerprint density at radius 2 is 2.39 bits per heavy atom. The number of hydrogen-bond donors (Lipinski definition) is 2. The molecule has 7 heteroatoms. The van der Waals surface area contributed by atoms with Gasteiger partial charge in [-0.05, 0) is 19.1 Å². The third-order valence-corrected chi connectivity index (χ3v) is 2.93. The van der Waals surface area contributed by atoms with Crippen molar-refractivity contribution in [3.05, 3.63) is 41.2 Å². The Morgan fingerprint density at radius 1 is 1.56 bits per heavy atom. The highest BCUT2D eigenvalue weighted by Gasteiger charge is 2.10. The summed E-state index contributed by atoms with van der Waals surface area (Å²) in [5, 5.41) is 16.5. The van der Waals surface area contributed by atoms with Gasteiger partial charge in [-0.2, -0.15) is 0 Å². The summed E-state index contributed by atoms with van der Waals surface area (Å²) < 4.78 is 0. The highest BCUT2D eigenvalue weighted by atomic mass is 32.1. The molecule has 2 aromatic heterocycles. The number of nitrogens with one attached hydrogen (secondary N) is 1. The molecule has 2 rings (SSSR count). The van der Waals surface area contributed by atoms with Crippen LogP contribution >= 0.6 is 11.3 Å². The molecule has 92 valence electrons. The molecule has 0 fully saturated rings. The standard InChI is InChI=1S/C11H10N4O2S/c1-7(15-17)9-6-18-11(13-9)14-10(16)8-3-2-4-12-5-8/h2-6,17H,1H3,(H,13,14,16). The molecule has 2 heterocycles. The zero-order chi connectivity index (χ0) is 13.0. The van der Waals surface area contributed by atoms with Crippen LogP contribution in [0.5, 0.6) is 0 Å². The number of hydrogen-bond acceptors (Lipinski definition) is 6. The van der Waals surface area contributed by atoms with Crippen molar-refractivity contribution < 1.29 is 10.0 Å². The maximum absolute atomic E-state index is 11.8. The van der Waals surface area contributed by atoms with E-state index in [0.29, 0.717) is 22.1 Å². The van der Waals surface area contributed by atoms with E-state index in [0.717, 1.165) is 0 Å². The van der Waals surface area contributed by atoms with Crippen molar-refractivity contribution in [1.29, 1.82) is 0 Å². The van der Waals surface area contributed by atoms with Crippen molar-refractivity contribution in [2.75, 3.05) is 5.32 Å². The lowest BCUT2D eigenvalue weighted by Crippen LogP contribution is -2.12. The molecule has 18 heavy (non-hydrogen) atoms. The molecule has 0 bridgehead atoms. The highest BCUT2D eigenvalue weighted by molar-refractivity contribution is 7.14. The van der Waals surface area contributed by atoms with E-state index in [9.17, 15) is 4.79 Å². The fourth-order valence-corrected chi connectivity index (χ4v) is 1.96. The number of aromatic nitrogens is 2. The number of oxime groups is 1. The first-order valence-corrected chi connectivity index (χ1v) is 5.94. The average Bonchev–Trinajstić information content (AvgIpc) is 2.87. The van der Waals surface area contributed by atoms with Crippen LogP contribution in [-0.4, -0.2) is 26.8 Å². The summed E-state index contributed by atoms with van der Waals surface area (Å²) in [5.74, 6) is -0.275. The van der Waals surface area contributed by atoms with Crippen molar-refractivity contribution in [2.24, 2.45) is 5.16 Å². The fraction of sp³-hybridized carbons (Fsp3) is 0.0909. The van der Waals surface area contributed by atoms with E-state index in [1.54, 1.807) is 30.6 Å². The quantitative estimate of drug-likeness (QED) is 0.503. The number of carbonyl (C=O) groups excluding carboxylic acids is 1. The van der Waals surface area contributed by atoms with E-state index in [1.165, 1.54) is 17.5 Å². The number of rotatable bonds is 3. The number of carbonyl (C=O) groups is 1. The minimum atomic E-state index is -0.275. The molecule has 0 aliphatic carbocycles. The summed E-state index contributed by atoms with van der Waals surface area (Å²) in [6.07, 6.45) is 3.07. The first-order valence-electron chi connectivity index (χ1n) is 5.06. The molecule has 0 aromatic carbocycles. The number of anilines is 1. The van der Waals surface area contributed by atoms with Gasteiger partial charge in [-0.15, -0.1) is 11.3 Å². The van der Waals surface area contributed by atoms with Gasteiger partial charge in [0, 0.05) is 17.8 Å². The zero-order valence-electron chi connectivity index (χ0n) is 9.49. The molecule has 0 saturated heterocycles. The van der Waals surface area contributed by atoms with Gasteiger partial charge in [0.1, 0.15) is 11.4 Å². The van der Waals surface area contributed by atoms with Crippen LogP contribution < -0.4 is 5.32 Å². The number of nitrogens with zero attached hydrogens (tertiary/aromatic N) is 3. The van der Waals surface area contributed by atoms with Gasteiger partial charge in [0.05, 0.1) is 5.56 Å². The van der Waals surface area contributed by atoms with Crippen LogP contribution in [0.3, 0.4) is 0 Å². The molecular formula is C11H10N4O2S. The number of pyridine rings is 1. The number of amides is 1. The maximum atomic E-state index is 11.8. The molecule has 6 nitrogen and oxygen atoms in total. The Bertz CT molecular complexity index is 580. The third kappa shape index (κ3) is 2.69. The molecule has 0 unspecified atom stereocenters. The monoisotopic (exact) mass is 262 g/mol. The molecule has 0 radical (unpaired) electrons. The maximum Gasteiger partial charge on any atom is 0.259 e. The van der Waals surface area contributed by atoms with Gasteiger partial charge < -0.3 is 5.21 Å². The fourth-order valence-electron chi connectivity index (χ4n) is 1.21. The summed E-state index contributed by atoms with van der Waals surface area (Å²) in [7, 11) is 0. The van der Waals surface area contributed by atoms with Gasteiger partial charge >= 0.3 is 0 Å². The summed E-state index contributed by atoms with van der Waals surface area (Å²) >= 11 is 1.26. The Labute approximate surface area is 107 Å². The van der Waals surface area contributed by atoms with Crippen LogP contribution in [-0.2, 0) is 0 Å². The molecule has 0 aliphatic rings. The largest absolute Gasteiger partial charge is 0.411 e. The van der Waals surface area contributed by atoms with Gasteiger partial charge in [0.25, 0.3) is 5.91 Å². The first kappa shape index (κ1) is 12.2. The van der Waals surface area contributed by atoms with Crippen molar-refractivity contribution in [2.45, 2.75) is 6.92 Å². The predicted octanol–water partition coefficient (Wildman–Crippen LogP) is 1.99. The third-order valence-electron chi connectivity index (χ3n) is 2.17. The van der Waals surface area contributed by atoms with Crippen LogP contribution in [0.1, 0.15) is 23.0 Å². The Kier molecular flexibility index (Phi) is 3.63. The van der Waals surface area contributed by atoms with Crippen LogP contribution in [0.25, 0.3) is 0 Å². The second-order valence-corrected chi connectivity index (χ2v) is 4.28. The van der Waals surface area contributed by atoms with Crippen molar-refractivity contribution in [3.8, 4) is 0 Å². The minimum absolute atomic E-state index is 0.275. The second kappa shape index (κ2) is 5.37. The molecule has 0 atom stereocenters.